The first kappa shape index (κ1) is 8.44. The second kappa shape index (κ2) is 5.57. The van der Waals surface area contributed by atoms with Crippen molar-refractivity contribution in [1.82, 2.24) is 9.55 Å². The molecule has 0 fully saturated rings. The lowest BCUT2D eigenvalue weighted by atomic mass is 10.9. The van der Waals surface area contributed by atoms with Crippen molar-refractivity contribution < 1.29 is 0 Å². The number of hydrogen-bond acceptors (Lipinski definition) is 2. The minimum absolute atomic E-state index is 1.43. The molecule has 0 aromatic carbocycles. The zero-order valence-electron chi connectivity index (χ0n) is 5.86. The van der Waals surface area contributed by atoms with Gasteiger partial charge < -0.3 is 4.57 Å². The molecule has 0 atom stereocenters. The van der Waals surface area contributed by atoms with Gasteiger partial charge in [-0.25, -0.2) is 4.98 Å². The highest BCUT2D eigenvalue weighted by molar-refractivity contribution is 5.14. The smallest absolute Gasteiger partial charge is 0.0986 e. The Bertz CT molecular complexity index is 205. The van der Waals surface area contributed by atoms with Crippen LogP contribution in [0.1, 0.15) is 6.92 Å². The number of imidazole rings is 1. The Morgan fingerprint density at radius 1 is 1.80 bits per heavy atom. The van der Waals surface area contributed by atoms with Crippen LogP contribution in [0.15, 0.2) is 25.3 Å². The van der Waals surface area contributed by atoms with Crippen molar-refractivity contribution in [3.05, 3.63) is 25.3 Å². The molecule has 1 aromatic rings. The Labute approximate surface area is 60.2 Å². The average molecular weight is 135 g/mol. The second-order valence-electron chi connectivity index (χ2n) is 1.42. The first-order valence-corrected chi connectivity index (χ1v) is 2.76. The van der Waals surface area contributed by atoms with Crippen LogP contribution < -0.4 is 0 Å². The molecular formula is C7H9N3. The number of aromatic nitrogens is 2. The Morgan fingerprint density at radius 2 is 2.40 bits per heavy atom. The molecule has 0 unspecified atom stereocenters. The molecule has 0 aliphatic rings. The molecule has 1 heterocycles. The normalized spacial score (nSPS) is 6.80. The molecule has 0 aliphatic carbocycles. The van der Waals surface area contributed by atoms with Crippen LogP contribution >= 0.6 is 0 Å². The third-order valence-corrected chi connectivity index (χ3v) is 0.736. The van der Waals surface area contributed by atoms with E-state index in [9.17, 15) is 0 Å². The topological polar surface area (TPSA) is 41.6 Å². The Kier molecular flexibility index (Phi) is 4.70. The number of rotatable bonds is 1. The lowest BCUT2D eigenvalue weighted by Crippen LogP contribution is -1.73. The van der Waals surface area contributed by atoms with Crippen molar-refractivity contribution in [3.63, 3.8) is 0 Å². The van der Waals surface area contributed by atoms with Gasteiger partial charge in [0.05, 0.1) is 12.4 Å². The van der Waals surface area contributed by atoms with Gasteiger partial charge in [-0.15, -0.1) is 0 Å². The van der Waals surface area contributed by atoms with Gasteiger partial charge in [-0.3, -0.25) is 0 Å². The van der Waals surface area contributed by atoms with Crippen LogP contribution in [0.2, 0.25) is 0 Å². The highest BCUT2D eigenvalue weighted by Crippen LogP contribution is 1.81. The summed E-state index contributed by atoms with van der Waals surface area (Å²) in [5, 5.41) is 7.32. The summed E-state index contributed by atoms with van der Waals surface area (Å²) < 4.78 is 1.78. The average Bonchev–Trinajstić information content (AvgIpc) is 2.39. The second-order valence-corrected chi connectivity index (χ2v) is 1.42. The minimum Gasteiger partial charge on any atom is -0.314 e. The maximum Gasteiger partial charge on any atom is 0.0986 e. The van der Waals surface area contributed by atoms with Crippen LogP contribution in [-0.2, 0) is 0 Å². The van der Waals surface area contributed by atoms with Crippen LogP contribution in [0.4, 0.5) is 0 Å². The van der Waals surface area contributed by atoms with Crippen LogP contribution in [-0.4, -0.2) is 9.55 Å². The van der Waals surface area contributed by atoms with Crippen molar-refractivity contribution in [3.8, 4) is 6.07 Å². The molecule has 10 heavy (non-hydrogen) atoms. The molecule has 0 radical (unpaired) electrons. The monoisotopic (exact) mass is 135 g/mol. The largest absolute Gasteiger partial charge is 0.314 e. The summed E-state index contributed by atoms with van der Waals surface area (Å²) in [6.45, 7) is 4.96. The maximum atomic E-state index is 7.32. The van der Waals surface area contributed by atoms with E-state index in [2.05, 4.69) is 11.6 Å². The van der Waals surface area contributed by atoms with Crippen molar-refractivity contribution in [2.45, 2.75) is 6.92 Å². The zero-order chi connectivity index (χ0) is 7.82. The van der Waals surface area contributed by atoms with E-state index in [1.807, 2.05) is 6.20 Å². The summed E-state index contributed by atoms with van der Waals surface area (Å²) in [6.07, 6.45) is 6.91. The van der Waals surface area contributed by atoms with Crippen LogP contribution in [0, 0.1) is 11.3 Å². The number of nitriles is 1. The Balaban J connectivity index is 0.000000236. The molecule has 0 aliphatic heterocycles. The fourth-order valence-electron chi connectivity index (χ4n) is 0.377. The quantitative estimate of drug-likeness (QED) is 0.585. The van der Waals surface area contributed by atoms with E-state index in [0.29, 0.717) is 0 Å². The van der Waals surface area contributed by atoms with Gasteiger partial charge in [0.15, 0.2) is 0 Å². The number of hydrogen-bond donors (Lipinski definition) is 0. The molecule has 0 bridgehead atoms. The molecule has 0 saturated carbocycles. The van der Waals surface area contributed by atoms with Crippen LogP contribution in [0.25, 0.3) is 6.20 Å². The molecule has 0 N–H and O–H groups in total. The van der Waals surface area contributed by atoms with E-state index in [1.54, 1.807) is 29.4 Å². The molecule has 0 saturated heterocycles. The molecule has 0 amide bonds. The first-order chi connectivity index (χ1) is 4.85. The predicted octanol–water partition coefficient (Wildman–Crippen LogP) is 1.51. The van der Waals surface area contributed by atoms with Gasteiger partial charge in [0, 0.05) is 25.5 Å². The summed E-state index contributed by atoms with van der Waals surface area (Å²) in [5.74, 6) is 0. The Hall–Kier alpha value is -1.56. The molecule has 3 heteroatoms. The molecule has 52 valence electrons. The summed E-state index contributed by atoms with van der Waals surface area (Å²) in [6, 6.07) is 1.75. The van der Waals surface area contributed by atoms with Gasteiger partial charge in [0.25, 0.3) is 0 Å². The molecule has 0 spiro atoms. The fourth-order valence-corrected chi connectivity index (χ4v) is 0.377. The number of nitrogens with zero attached hydrogens (tertiary/aromatic N) is 3. The highest BCUT2D eigenvalue weighted by atomic mass is 15.0. The van der Waals surface area contributed by atoms with E-state index in [1.165, 1.54) is 6.92 Å². The summed E-state index contributed by atoms with van der Waals surface area (Å²) in [4.78, 5) is 3.78. The molecule has 1 rings (SSSR count). The standard InChI is InChI=1S/C5H6N2.C2H3N/c1-2-7-4-3-6-5-7;1-2-3/h2-5H,1H2;1H3. The third kappa shape index (κ3) is 3.44. The van der Waals surface area contributed by atoms with Crippen molar-refractivity contribution >= 4 is 6.20 Å². The van der Waals surface area contributed by atoms with Gasteiger partial charge in [-0.2, -0.15) is 5.26 Å². The lowest BCUT2D eigenvalue weighted by Gasteiger charge is -1.80. The van der Waals surface area contributed by atoms with Gasteiger partial charge in [0.1, 0.15) is 0 Å². The third-order valence-electron chi connectivity index (χ3n) is 0.736. The molecule has 3 nitrogen and oxygen atoms in total. The Morgan fingerprint density at radius 3 is 2.60 bits per heavy atom. The van der Waals surface area contributed by atoms with Gasteiger partial charge >= 0.3 is 0 Å². The van der Waals surface area contributed by atoms with Crippen molar-refractivity contribution in [2.75, 3.05) is 0 Å². The lowest BCUT2D eigenvalue weighted by molar-refractivity contribution is 1.14. The van der Waals surface area contributed by atoms with E-state index in [-0.39, 0.29) is 0 Å². The molecular weight excluding hydrogens is 126 g/mol. The van der Waals surface area contributed by atoms with Crippen molar-refractivity contribution in [2.24, 2.45) is 0 Å². The fraction of sp³-hybridized carbons (Fsp3) is 0.143. The highest BCUT2D eigenvalue weighted by Gasteiger charge is 1.73. The zero-order valence-corrected chi connectivity index (χ0v) is 5.86. The van der Waals surface area contributed by atoms with Gasteiger partial charge in [-0.1, -0.05) is 6.58 Å². The van der Waals surface area contributed by atoms with E-state index >= 15 is 0 Å². The predicted molar refractivity (Wildman–Crippen MR) is 39.9 cm³/mol. The minimum atomic E-state index is 1.43. The maximum absolute atomic E-state index is 7.32. The summed E-state index contributed by atoms with van der Waals surface area (Å²) in [5.41, 5.74) is 0. The van der Waals surface area contributed by atoms with Gasteiger partial charge in [0.2, 0.25) is 0 Å². The SMILES string of the molecule is C=Cn1ccnc1.CC#N. The van der Waals surface area contributed by atoms with Crippen LogP contribution in [0.5, 0.6) is 0 Å². The van der Waals surface area contributed by atoms with E-state index < -0.39 is 0 Å². The van der Waals surface area contributed by atoms with Crippen LogP contribution in [0.3, 0.4) is 0 Å². The van der Waals surface area contributed by atoms with Crippen molar-refractivity contribution in [1.29, 1.82) is 5.26 Å². The van der Waals surface area contributed by atoms with Gasteiger partial charge in [-0.05, 0) is 0 Å². The molecule has 1 aromatic heterocycles. The summed E-state index contributed by atoms with van der Waals surface area (Å²) >= 11 is 0. The summed E-state index contributed by atoms with van der Waals surface area (Å²) in [7, 11) is 0. The first-order valence-electron chi connectivity index (χ1n) is 2.76. The van der Waals surface area contributed by atoms with E-state index in [0.717, 1.165) is 0 Å². The van der Waals surface area contributed by atoms with E-state index in [4.69, 9.17) is 5.26 Å².